The minimum atomic E-state index is -0.588. The van der Waals surface area contributed by atoms with E-state index >= 15 is 0 Å². The first kappa shape index (κ1) is 14.3. The number of piperidine rings is 1. The zero-order valence-electron chi connectivity index (χ0n) is 13.1. The molecule has 0 atom stereocenters. The number of anilines is 1. The molecule has 3 rings (SSSR count). The van der Waals surface area contributed by atoms with Crippen molar-refractivity contribution in [2.45, 2.75) is 45.6 Å². The van der Waals surface area contributed by atoms with Crippen molar-refractivity contribution in [1.29, 1.82) is 0 Å². The largest absolute Gasteiger partial charge is 0.390 e. The summed E-state index contributed by atoms with van der Waals surface area (Å²) in [6.45, 7) is 7.86. The fraction of sp³-hybridized carbons (Fsp3) is 0.625. The number of aryl methyl sites for hydroxylation is 1. The van der Waals surface area contributed by atoms with Gasteiger partial charge in [0.15, 0.2) is 0 Å². The van der Waals surface area contributed by atoms with Crippen LogP contribution in [0.15, 0.2) is 12.5 Å². The maximum absolute atomic E-state index is 10.2. The highest BCUT2D eigenvalue weighted by Gasteiger charge is 2.31. The van der Waals surface area contributed by atoms with E-state index in [1.807, 2.05) is 20.0 Å². The molecule has 0 aromatic carbocycles. The molecule has 1 saturated heterocycles. The Morgan fingerprint density at radius 1 is 1.33 bits per heavy atom. The third-order valence-electron chi connectivity index (χ3n) is 4.71. The number of H-pyrrole nitrogens is 1. The minimum Gasteiger partial charge on any atom is -0.390 e. The summed E-state index contributed by atoms with van der Waals surface area (Å²) in [5, 5.41) is 11.3. The molecule has 0 saturated carbocycles. The van der Waals surface area contributed by atoms with Crippen LogP contribution in [0.25, 0.3) is 11.0 Å². The van der Waals surface area contributed by atoms with Crippen molar-refractivity contribution in [3.63, 3.8) is 0 Å². The minimum absolute atomic E-state index is 0.364. The Morgan fingerprint density at radius 3 is 2.67 bits per heavy atom. The molecule has 0 amide bonds. The lowest BCUT2D eigenvalue weighted by Gasteiger charge is -2.38. The second kappa shape index (κ2) is 5.30. The van der Waals surface area contributed by atoms with E-state index in [-0.39, 0.29) is 0 Å². The Balaban J connectivity index is 1.87. The van der Waals surface area contributed by atoms with Gasteiger partial charge >= 0.3 is 0 Å². The van der Waals surface area contributed by atoms with E-state index in [1.54, 1.807) is 6.33 Å². The number of nitrogens with zero attached hydrogens (tertiary/aromatic N) is 3. The van der Waals surface area contributed by atoms with Gasteiger partial charge < -0.3 is 15.0 Å². The molecule has 3 heterocycles. The number of hydrogen-bond acceptors (Lipinski definition) is 4. The molecule has 0 spiro atoms. The molecule has 0 unspecified atom stereocenters. The number of aliphatic hydroxyl groups is 1. The van der Waals surface area contributed by atoms with Crippen LogP contribution in [0.2, 0.25) is 0 Å². The van der Waals surface area contributed by atoms with Gasteiger partial charge in [-0.15, -0.1) is 0 Å². The standard InChI is InChI=1S/C16H24N4O/c1-4-11-9-17-14-13(11)15(19-10-18-14)20-7-5-12(6-8-20)16(2,3)21/h9-10,12,21H,4-8H2,1-3H3,(H,17,18,19). The highest BCUT2D eigenvalue weighted by Crippen LogP contribution is 2.33. The van der Waals surface area contributed by atoms with Crippen LogP contribution in [0.4, 0.5) is 5.82 Å². The van der Waals surface area contributed by atoms with E-state index < -0.39 is 5.60 Å². The molecule has 0 radical (unpaired) electrons. The predicted octanol–water partition coefficient (Wildman–Crippen LogP) is 2.51. The summed E-state index contributed by atoms with van der Waals surface area (Å²) < 4.78 is 0. The summed E-state index contributed by atoms with van der Waals surface area (Å²) in [6.07, 6.45) is 6.64. The molecule has 0 bridgehead atoms. The van der Waals surface area contributed by atoms with Gasteiger partial charge in [0.25, 0.3) is 0 Å². The van der Waals surface area contributed by atoms with Crippen LogP contribution in [0, 0.1) is 5.92 Å². The van der Waals surface area contributed by atoms with Gasteiger partial charge in [-0.2, -0.15) is 0 Å². The summed E-state index contributed by atoms with van der Waals surface area (Å²) in [5.41, 5.74) is 1.60. The quantitative estimate of drug-likeness (QED) is 0.911. The Kier molecular flexibility index (Phi) is 3.61. The van der Waals surface area contributed by atoms with Gasteiger partial charge in [0.05, 0.1) is 11.0 Å². The molecular weight excluding hydrogens is 264 g/mol. The molecule has 114 valence electrons. The normalized spacial score (nSPS) is 17.6. The molecular formula is C16H24N4O. The number of nitrogens with one attached hydrogen (secondary N) is 1. The zero-order valence-corrected chi connectivity index (χ0v) is 13.1. The van der Waals surface area contributed by atoms with Crippen molar-refractivity contribution >= 4 is 16.9 Å². The number of hydrogen-bond donors (Lipinski definition) is 2. The van der Waals surface area contributed by atoms with Gasteiger partial charge in [-0.3, -0.25) is 0 Å². The third kappa shape index (κ3) is 2.62. The average Bonchev–Trinajstić information content (AvgIpc) is 2.89. The maximum atomic E-state index is 10.2. The van der Waals surface area contributed by atoms with Crippen molar-refractivity contribution in [2.24, 2.45) is 5.92 Å². The fourth-order valence-corrected chi connectivity index (χ4v) is 3.33. The summed E-state index contributed by atoms with van der Waals surface area (Å²) >= 11 is 0. The highest BCUT2D eigenvalue weighted by molar-refractivity contribution is 5.90. The molecule has 2 aromatic heterocycles. The van der Waals surface area contributed by atoms with Crippen LogP contribution >= 0.6 is 0 Å². The Hall–Kier alpha value is -1.62. The van der Waals surface area contributed by atoms with Gasteiger partial charge in [-0.05, 0) is 44.6 Å². The van der Waals surface area contributed by atoms with E-state index in [0.29, 0.717) is 5.92 Å². The lowest BCUT2D eigenvalue weighted by molar-refractivity contribution is 0.00648. The van der Waals surface area contributed by atoms with E-state index in [4.69, 9.17) is 0 Å². The van der Waals surface area contributed by atoms with Crippen LogP contribution in [0.5, 0.6) is 0 Å². The van der Waals surface area contributed by atoms with Gasteiger partial charge in [0, 0.05) is 19.3 Å². The maximum Gasteiger partial charge on any atom is 0.143 e. The highest BCUT2D eigenvalue weighted by atomic mass is 16.3. The van der Waals surface area contributed by atoms with Gasteiger partial charge in [0.2, 0.25) is 0 Å². The number of fused-ring (bicyclic) bond motifs is 1. The van der Waals surface area contributed by atoms with Crippen molar-refractivity contribution in [3.8, 4) is 0 Å². The van der Waals surface area contributed by atoms with Crippen LogP contribution < -0.4 is 4.90 Å². The summed E-state index contributed by atoms with van der Waals surface area (Å²) in [4.78, 5) is 14.4. The lowest BCUT2D eigenvalue weighted by Crippen LogP contribution is -2.42. The summed E-state index contributed by atoms with van der Waals surface area (Å²) in [7, 11) is 0. The molecule has 21 heavy (non-hydrogen) atoms. The second-order valence-electron chi connectivity index (χ2n) is 6.50. The average molecular weight is 288 g/mol. The SMILES string of the molecule is CCc1c[nH]c2ncnc(N3CCC(C(C)(C)O)CC3)c12. The Labute approximate surface area is 125 Å². The Bertz CT molecular complexity index is 621. The molecule has 1 aliphatic rings. The van der Waals surface area contributed by atoms with Gasteiger partial charge in [-0.25, -0.2) is 9.97 Å². The first-order valence-electron chi connectivity index (χ1n) is 7.79. The van der Waals surface area contributed by atoms with E-state index in [9.17, 15) is 5.11 Å². The lowest BCUT2D eigenvalue weighted by atomic mass is 9.83. The Morgan fingerprint density at radius 2 is 2.05 bits per heavy atom. The fourth-order valence-electron chi connectivity index (χ4n) is 3.33. The van der Waals surface area contributed by atoms with Crippen LogP contribution in [0.1, 0.15) is 39.2 Å². The van der Waals surface area contributed by atoms with E-state index in [2.05, 4.69) is 26.8 Å². The van der Waals surface area contributed by atoms with Crippen LogP contribution in [0.3, 0.4) is 0 Å². The smallest absolute Gasteiger partial charge is 0.143 e. The molecule has 2 N–H and O–H groups in total. The molecule has 0 aliphatic carbocycles. The number of aromatic amines is 1. The topological polar surface area (TPSA) is 65.0 Å². The third-order valence-corrected chi connectivity index (χ3v) is 4.71. The first-order chi connectivity index (χ1) is 10.0. The van der Waals surface area contributed by atoms with Gasteiger partial charge in [-0.1, -0.05) is 6.92 Å². The van der Waals surface area contributed by atoms with Crippen molar-refractivity contribution in [2.75, 3.05) is 18.0 Å². The number of rotatable bonds is 3. The van der Waals surface area contributed by atoms with E-state index in [0.717, 1.165) is 49.2 Å². The zero-order chi connectivity index (χ0) is 15.0. The molecule has 1 aliphatic heterocycles. The van der Waals surface area contributed by atoms with Crippen molar-refractivity contribution in [3.05, 3.63) is 18.1 Å². The summed E-state index contributed by atoms with van der Waals surface area (Å²) in [6, 6.07) is 0. The first-order valence-corrected chi connectivity index (χ1v) is 7.79. The van der Waals surface area contributed by atoms with Crippen molar-refractivity contribution < 1.29 is 5.11 Å². The van der Waals surface area contributed by atoms with Crippen molar-refractivity contribution in [1.82, 2.24) is 15.0 Å². The van der Waals surface area contributed by atoms with E-state index in [1.165, 1.54) is 5.56 Å². The molecule has 5 nitrogen and oxygen atoms in total. The number of aromatic nitrogens is 3. The molecule has 1 fully saturated rings. The molecule has 5 heteroatoms. The monoisotopic (exact) mass is 288 g/mol. The van der Waals surface area contributed by atoms with Gasteiger partial charge in [0.1, 0.15) is 17.8 Å². The summed E-state index contributed by atoms with van der Waals surface area (Å²) in [5.74, 6) is 1.40. The second-order valence-corrected chi connectivity index (χ2v) is 6.50. The molecule has 2 aromatic rings. The predicted molar refractivity (Wildman–Crippen MR) is 84.5 cm³/mol. The van der Waals surface area contributed by atoms with Crippen LogP contribution in [-0.4, -0.2) is 38.7 Å². The van der Waals surface area contributed by atoms with Crippen LogP contribution in [-0.2, 0) is 6.42 Å².